The molecule has 0 spiro atoms. The third-order valence-corrected chi connectivity index (χ3v) is 4.64. The fraction of sp³-hybridized carbons (Fsp3) is 0.417. The van der Waals surface area contributed by atoms with E-state index < -0.39 is 44.1 Å². The van der Waals surface area contributed by atoms with Gasteiger partial charge in [0.05, 0.1) is 0 Å². The number of benzene rings is 1. The first-order valence-corrected chi connectivity index (χ1v) is 7.62. The maximum Gasteiger partial charge on any atom is 0.341 e. The Balaban J connectivity index is 2.36. The van der Waals surface area contributed by atoms with Gasteiger partial charge in [0.2, 0.25) is 10.0 Å². The molecule has 0 aliphatic carbocycles. The van der Waals surface area contributed by atoms with Crippen molar-refractivity contribution in [3.63, 3.8) is 0 Å². The molecule has 0 atom stereocenters. The van der Waals surface area contributed by atoms with Crippen LogP contribution in [0, 0.1) is 11.6 Å². The Hall–Kier alpha value is -1.58. The molecular formula is C12H13F2NO5S. The lowest BCUT2D eigenvalue weighted by Gasteiger charge is -2.23. The molecule has 0 amide bonds. The van der Waals surface area contributed by atoms with Crippen molar-refractivity contribution in [2.24, 2.45) is 0 Å². The number of nitrogens with one attached hydrogen (secondary N) is 1. The second kappa shape index (κ2) is 6.04. The van der Waals surface area contributed by atoms with Gasteiger partial charge in [-0.05, 0) is 25.0 Å². The zero-order valence-corrected chi connectivity index (χ0v) is 11.6. The third kappa shape index (κ3) is 3.36. The van der Waals surface area contributed by atoms with Crippen molar-refractivity contribution < 1.29 is 31.8 Å². The summed E-state index contributed by atoms with van der Waals surface area (Å²) < 4.78 is 58.8. The number of rotatable bonds is 4. The maximum atomic E-state index is 14.0. The minimum atomic E-state index is -4.27. The molecule has 21 heavy (non-hydrogen) atoms. The number of hydrogen-bond acceptors (Lipinski definition) is 4. The fourth-order valence-electron chi connectivity index (χ4n) is 2.04. The summed E-state index contributed by atoms with van der Waals surface area (Å²) in [6.45, 7) is 0.749. The predicted molar refractivity (Wildman–Crippen MR) is 67.5 cm³/mol. The molecule has 2 rings (SSSR count). The Kier molecular flexibility index (Phi) is 4.55. The molecule has 1 saturated heterocycles. The smallest absolute Gasteiger partial charge is 0.341 e. The van der Waals surface area contributed by atoms with Crippen molar-refractivity contribution in [2.45, 2.75) is 23.8 Å². The van der Waals surface area contributed by atoms with Gasteiger partial charge in [-0.15, -0.1) is 0 Å². The van der Waals surface area contributed by atoms with Crippen LogP contribution < -0.4 is 4.72 Å². The van der Waals surface area contributed by atoms with E-state index in [9.17, 15) is 22.0 Å². The third-order valence-electron chi connectivity index (χ3n) is 3.10. The molecule has 0 aromatic heterocycles. The minimum Gasteiger partial charge on any atom is -0.477 e. The number of hydrogen-bond donors (Lipinski definition) is 2. The van der Waals surface area contributed by atoms with Gasteiger partial charge in [-0.1, -0.05) is 0 Å². The molecule has 0 unspecified atom stereocenters. The second-order valence-corrected chi connectivity index (χ2v) is 6.23. The van der Waals surface area contributed by atoms with Gasteiger partial charge in [-0.25, -0.2) is 26.7 Å². The second-order valence-electron chi connectivity index (χ2n) is 4.55. The zero-order valence-electron chi connectivity index (χ0n) is 10.8. The maximum absolute atomic E-state index is 14.0. The summed E-state index contributed by atoms with van der Waals surface area (Å²) in [5.74, 6) is -4.81. The van der Waals surface area contributed by atoms with Gasteiger partial charge in [-0.3, -0.25) is 0 Å². The van der Waals surface area contributed by atoms with E-state index >= 15 is 0 Å². The molecule has 9 heteroatoms. The van der Waals surface area contributed by atoms with Gasteiger partial charge in [0.1, 0.15) is 16.3 Å². The summed E-state index contributed by atoms with van der Waals surface area (Å²) in [5, 5.41) is 8.75. The van der Waals surface area contributed by atoms with Crippen molar-refractivity contribution in [2.75, 3.05) is 13.2 Å². The van der Waals surface area contributed by atoms with Crippen LogP contribution in [-0.4, -0.2) is 38.7 Å². The Morgan fingerprint density at radius 2 is 1.90 bits per heavy atom. The lowest BCUT2D eigenvalue weighted by atomic mass is 10.1. The Labute approximate surface area is 119 Å². The quantitative estimate of drug-likeness (QED) is 0.867. The summed E-state index contributed by atoms with van der Waals surface area (Å²) in [6, 6.07) is 0.894. The van der Waals surface area contributed by atoms with E-state index in [1.807, 2.05) is 0 Å². The molecule has 2 N–H and O–H groups in total. The van der Waals surface area contributed by atoms with Crippen LogP contribution >= 0.6 is 0 Å². The van der Waals surface area contributed by atoms with Crippen molar-refractivity contribution in [1.82, 2.24) is 4.72 Å². The SMILES string of the molecule is O=C(O)c1c(F)ccc(S(=O)(=O)NC2CCOCC2)c1F. The molecule has 0 saturated carbocycles. The first kappa shape index (κ1) is 15.8. The number of ether oxygens (including phenoxy) is 1. The van der Waals surface area contributed by atoms with Gasteiger partial charge in [0, 0.05) is 19.3 Å². The van der Waals surface area contributed by atoms with Gasteiger partial charge in [0.15, 0.2) is 5.82 Å². The van der Waals surface area contributed by atoms with Crippen LogP contribution in [0.1, 0.15) is 23.2 Å². The number of carboxylic acid groups (broad SMARTS) is 1. The summed E-state index contributed by atoms with van der Waals surface area (Å²) in [5.41, 5.74) is -1.29. The Bertz CT molecular complexity index is 656. The highest BCUT2D eigenvalue weighted by atomic mass is 32.2. The molecule has 1 heterocycles. The van der Waals surface area contributed by atoms with Gasteiger partial charge >= 0.3 is 5.97 Å². The van der Waals surface area contributed by atoms with E-state index in [-0.39, 0.29) is 0 Å². The van der Waals surface area contributed by atoms with Crippen LogP contribution in [0.3, 0.4) is 0 Å². The van der Waals surface area contributed by atoms with E-state index in [0.717, 1.165) is 0 Å². The summed E-state index contributed by atoms with van der Waals surface area (Å²) in [7, 11) is -4.27. The highest BCUT2D eigenvalue weighted by molar-refractivity contribution is 7.89. The normalized spacial score (nSPS) is 16.9. The van der Waals surface area contributed by atoms with E-state index in [2.05, 4.69) is 4.72 Å². The standard InChI is InChI=1S/C12H13F2NO5S/c13-8-1-2-9(11(14)10(8)12(16)17)21(18,19)15-7-3-5-20-6-4-7/h1-2,7,15H,3-6H2,(H,16,17). The van der Waals surface area contributed by atoms with Crippen molar-refractivity contribution in [1.29, 1.82) is 0 Å². The highest BCUT2D eigenvalue weighted by Crippen LogP contribution is 2.22. The first-order chi connectivity index (χ1) is 9.83. The Morgan fingerprint density at radius 3 is 2.48 bits per heavy atom. The van der Waals surface area contributed by atoms with Crippen LogP contribution in [0.5, 0.6) is 0 Å². The molecule has 1 aromatic rings. The predicted octanol–water partition coefficient (Wildman–Crippen LogP) is 1.12. The summed E-state index contributed by atoms with van der Waals surface area (Å²) in [6.07, 6.45) is 0.849. The number of carboxylic acids is 1. The molecule has 1 aliphatic rings. The lowest BCUT2D eigenvalue weighted by Crippen LogP contribution is -2.39. The molecule has 6 nitrogen and oxygen atoms in total. The van der Waals surface area contributed by atoms with Crippen LogP contribution in [0.4, 0.5) is 8.78 Å². The lowest BCUT2D eigenvalue weighted by molar-refractivity contribution is 0.0685. The molecular weight excluding hydrogens is 308 g/mol. The first-order valence-electron chi connectivity index (χ1n) is 6.14. The average molecular weight is 321 g/mol. The van der Waals surface area contributed by atoms with Crippen LogP contribution in [-0.2, 0) is 14.8 Å². The summed E-state index contributed by atoms with van der Waals surface area (Å²) >= 11 is 0. The Morgan fingerprint density at radius 1 is 1.29 bits per heavy atom. The number of sulfonamides is 1. The minimum absolute atomic E-state index is 0.374. The van der Waals surface area contributed by atoms with E-state index in [1.165, 1.54) is 0 Å². The fourth-order valence-corrected chi connectivity index (χ4v) is 3.42. The molecule has 1 fully saturated rings. The van der Waals surface area contributed by atoms with Crippen LogP contribution in [0.25, 0.3) is 0 Å². The topological polar surface area (TPSA) is 92.7 Å². The molecule has 1 aliphatic heterocycles. The average Bonchev–Trinajstić information content (AvgIpc) is 2.38. The van der Waals surface area contributed by atoms with Crippen LogP contribution in [0.15, 0.2) is 17.0 Å². The summed E-state index contributed by atoms with van der Waals surface area (Å²) in [4.78, 5) is 9.92. The van der Waals surface area contributed by atoms with Gasteiger partial charge in [-0.2, -0.15) is 0 Å². The largest absolute Gasteiger partial charge is 0.477 e. The molecule has 0 radical (unpaired) electrons. The van der Waals surface area contributed by atoms with Crippen molar-refractivity contribution in [3.8, 4) is 0 Å². The molecule has 1 aromatic carbocycles. The van der Waals surface area contributed by atoms with Crippen LogP contribution in [0.2, 0.25) is 0 Å². The van der Waals surface area contributed by atoms with Gasteiger partial charge in [0.25, 0.3) is 0 Å². The van der Waals surface area contributed by atoms with Crippen molar-refractivity contribution >= 4 is 16.0 Å². The zero-order chi connectivity index (χ0) is 15.6. The van der Waals surface area contributed by atoms with E-state index in [0.29, 0.717) is 38.2 Å². The monoisotopic (exact) mass is 321 g/mol. The van der Waals surface area contributed by atoms with Gasteiger partial charge < -0.3 is 9.84 Å². The molecule has 116 valence electrons. The van der Waals surface area contributed by atoms with E-state index in [4.69, 9.17) is 9.84 Å². The van der Waals surface area contributed by atoms with Crippen molar-refractivity contribution in [3.05, 3.63) is 29.3 Å². The highest BCUT2D eigenvalue weighted by Gasteiger charge is 2.29. The number of carbonyl (C=O) groups is 1. The number of halogens is 2. The molecule has 0 bridgehead atoms. The number of aromatic carboxylic acids is 1. The van der Waals surface area contributed by atoms with E-state index in [1.54, 1.807) is 0 Å².